The van der Waals surface area contributed by atoms with E-state index in [-0.39, 0.29) is 5.82 Å². The van der Waals surface area contributed by atoms with Crippen LogP contribution in [-0.4, -0.2) is 31.8 Å². The molecule has 3 aromatic rings. The summed E-state index contributed by atoms with van der Waals surface area (Å²) in [5, 5.41) is 5.49. The molecule has 7 nitrogen and oxygen atoms in total. The zero-order valence-corrected chi connectivity index (χ0v) is 14.9. The van der Waals surface area contributed by atoms with Crippen molar-refractivity contribution in [1.29, 1.82) is 0 Å². The Hall–Kier alpha value is -3.49. The molecule has 0 aromatic carbocycles. The van der Waals surface area contributed by atoms with E-state index in [0.29, 0.717) is 17.2 Å². The highest BCUT2D eigenvalue weighted by molar-refractivity contribution is 5.94. The molecule has 1 fully saturated rings. The van der Waals surface area contributed by atoms with E-state index in [4.69, 9.17) is 0 Å². The van der Waals surface area contributed by atoms with Crippen LogP contribution in [0.25, 0.3) is 11.3 Å². The van der Waals surface area contributed by atoms with Crippen molar-refractivity contribution in [3.63, 3.8) is 0 Å². The Morgan fingerprint density at radius 1 is 1.18 bits per heavy atom. The van der Waals surface area contributed by atoms with Crippen molar-refractivity contribution in [2.75, 3.05) is 10.6 Å². The van der Waals surface area contributed by atoms with Crippen molar-refractivity contribution in [3.05, 3.63) is 54.6 Å². The van der Waals surface area contributed by atoms with Crippen LogP contribution >= 0.6 is 0 Å². The molecule has 28 heavy (non-hydrogen) atoms. The number of anilines is 3. The molecule has 1 aliphatic carbocycles. The summed E-state index contributed by atoms with van der Waals surface area (Å²) in [5.74, 6) is -4.26. The van der Waals surface area contributed by atoms with Gasteiger partial charge in [0.15, 0.2) is 0 Å². The van der Waals surface area contributed by atoms with Crippen LogP contribution in [-0.2, 0) is 4.79 Å². The second kappa shape index (κ2) is 6.91. The molecule has 4 rings (SSSR count). The molecule has 2 N–H and O–H groups in total. The van der Waals surface area contributed by atoms with Gasteiger partial charge in [-0.3, -0.25) is 9.78 Å². The molecule has 142 valence electrons. The maximum absolute atomic E-state index is 12.9. The van der Waals surface area contributed by atoms with Crippen molar-refractivity contribution in [1.82, 2.24) is 19.9 Å². The average molecular weight is 382 g/mol. The third-order valence-corrected chi connectivity index (χ3v) is 4.24. The minimum Gasteiger partial charge on any atom is -0.323 e. The van der Waals surface area contributed by atoms with Gasteiger partial charge in [-0.25, -0.2) is 23.7 Å². The summed E-state index contributed by atoms with van der Waals surface area (Å²) in [6.07, 6.45) is 6.13. The van der Waals surface area contributed by atoms with Crippen LogP contribution < -0.4 is 10.6 Å². The number of nitrogens with one attached hydrogen (secondary N) is 2. The lowest BCUT2D eigenvalue weighted by atomic mass is 10.2. The van der Waals surface area contributed by atoms with E-state index in [1.807, 2.05) is 13.0 Å². The lowest BCUT2D eigenvalue weighted by molar-refractivity contribution is -0.119. The summed E-state index contributed by atoms with van der Waals surface area (Å²) >= 11 is 0. The Balaban J connectivity index is 1.46. The molecule has 3 aromatic heterocycles. The van der Waals surface area contributed by atoms with Crippen LogP contribution in [0.1, 0.15) is 12.0 Å². The average Bonchev–Trinajstić information content (AvgIpc) is 3.31. The third-order valence-electron chi connectivity index (χ3n) is 4.24. The molecule has 1 aliphatic rings. The van der Waals surface area contributed by atoms with Crippen LogP contribution in [0.3, 0.4) is 0 Å². The van der Waals surface area contributed by atoms with Crippen molar-refractivity contribution in [2.45, 2.75) is 19.3 Å². The Bertz CT molecular complexity index is 1020. The zero-order valence-electron chi connectivity index (χ0n) is 14.9. The van der Waals surface area contributed by atoms with E-state index in [1.54, 1.807) is 36.8 Å². The SMILES string of the molecule is Cc1cncc(Nc2nccc(-c3ccc(NC(=O)[C@@H]4CC4(F)F)nc3)n2)c1. The van der Waals surface area contributed by atoms with Crippen molar-refractivity contribution >= 4 is 23.4 Å². The smallest absolute Gasteiger partial charge is 0.260 e. The van der Waals surface area contributed by atoms with Gasteiger partial charge in [0.2, 0.25) is 11.9 Å². The van der Waals surface area contributed by atoms with Crippen molar-refractivity contribution in [2.24, 2.45) is 5.92 Å². The van der Waals surface area contributed by atoms with E-state index in [9.17, 15) is 13.6 Å². The minimum atomic E-state index is -2.90. The molecule has 1 saturated carbocycles. The first-order valence-electron chi connectivity index (χ1n) is 8.57. The highest BCUT2D eigenvalue weighted by atomic mass is 19.3. The highest BCUT2D eigenvalue weighted by Crippen LogP contribution is 2.49. The van der Waals surface area contributed by atoms with Gasteiger partial charge in [-0.1, -0.05) is 0 Å². The monoisotopic (exact) mass is 382 g/mol. The number of hydrogen-bond donors (Lipinski definition) is 2. The van der Waals surface area contributed by atoms with Crippen LogP contribution in [0.4, 0.5) is 26.2 Å². The topological polar surface area (TPSA) is 92.7 Å². The fourth-order valence-electron chi connectivity index (χ4n) is 2.66. The van der Waals surface area contributed by atoms with Gasteiger partial charge in [0, 0.05) is 30.6 Å². The maximum Gasteiger partial charge on any atom is 0.260 e. The number of halogens is 2. The Labute approximate surface area is 159 Å². The molecular formula is C19H16F2N6O. The number of nitrogens with zero attached hydrogens (tertiary/aromatic N) is 4. The molecule has 0 spiro atoms. The summed E-state index contributed by atoms with van der Waals surface area (Å²) in [7, 11) is 0. The molecule has 0 saturated heterocycles. The van der Waals surface area contributed by atoms with Crippen molar-refractivity contribution < 1.29 is 13.6 Å². The van der Waals surface area contributed by atoms with Gasteiger partial charge in [-0.2, -0.15) is 0 Å². The molecule has 0 aliphatic heterocycles. The molecule has 0 bridgehead atoms. The number of pyridine rings is 2. The lowest BCUT2D eigenvalue weighted by Gasteiger charge is -2.08. The number of aromatic nitrogens is 4. The highest BCUT2D eigenvalue weighted by Gasteiger charge is 2.61. The maximum atomic E-state index is 12.9. The van der Waals surface area contributed by atoms with Gasteiger partial charge >= 0.3 is 0 Å². The van der Waals surface area contributed by atoms with E-state index >= 15 is 0 Å². The number of carbonyl (C=O) groups excluding carboxylic acids is 1. The predicted octanol–water partition coefficient (Wildman–Crippen LogP) is 3.58. The summed E-state index contributed by atoms with van der Waals surface area (Å²) in [4.78, 5) is 28.6. The van der Waals surface area contributed by atoms with Crippen LogP contribution in [0.2, 0.25) is 0 Å². The second-order valence-electron chi connectivity index (χ2n) is 6.58. The Morgan fingerprint density at radius 2 is 2.00 bits per heavy atom. The molecule has 0 radical (unpaired) electrons. The predicted molar refractivity (Wildman–Crippen MR) is 99.2 cm³/mol. The Kier molecular flexibility index (Phi) is 4.42. The largest absolute Gasteiger partial charge is 0.323 e. The van der Waals surface area contributed by atoms with E-state index in [0.717, 1.165) is 11.3 Å². The summed E-state index contributed by atoms with van der Waals surface area (Å²) in [6.45, 7) is 1.94. The first kappa shape index (κ1) is 17.9. The van der Waals surface area contributed by atoms with Crippen molar-refractivity contribution in [3.8, 4) is 11.3 Å². The number of aryl methyl sites for hydroxylation is 1. The molecule has 1 atom stereocenters. The fourth-order valence-corrected chi connectivity index (χ4v) is 2.66. The minimum absolute atomic E-state index is 0.217. The first-order valence-corrected chi connectivity index (χ1v) is 8.57. The molecule has 3 heterocycles. The second-order valence-corrected chi connectivity index (χ2v) is 6.58. The van der Waals surface area contributed by atoms with Gasteiger partial charge in [-0.15, -0.1) is 0 Å². The summed E-state index contributed by atoms with van der Waals surface area (Å²) in [6, 6.07) is 6.90. The van der Waals surface area contributed by atoms with E-state index in [1.165, 1.54) is 6.20 Å². The summed E-state index contributed by atoms with van der Waals surface area (Å²) in [5.41, 5.74) is 3.09. The summed E-state index contributed by atoms with van der Waals surface area (Å²) < 4.78 is 25.9. The van der Waals surface area contributed by atoms with Gasteiger partial charge in [0.1, 0.15) is 11.7 Å². The van der Waals surface area contributed by atoms with Crippen LogP contribution in [0, 0.1) is 12.8 Å². The molecule has 0 unspecified atom stereocenters. The number of carbonyl (C=O) groups is 1. The molecular weight excluding hydrogens is 366 g/mol. The fraction of sp³-hybridized carbons (Fsp3) is 0.211. The number of hydrogen-bond acceptors (Lipinski definition) is 6. The van der Waals surface area contributed by atoms with Crippen LogP contribution in [0.15, 0.2) is 49.1 Å². The standard InChI is InChI=1S/C19H16F2N6O/c1-11-6-13(10-22-8-11)25-18-23-5-4-15(26-18)12-2-3-16(24-9-12)27-17(28)14-7-19(14,20)21/h2-6,8-10,14H,7H2,1H3,(H,23,25,26)(H,24,27,28)/t14-/m0/s1. The van der Waals surface area contributed by atoms with E-state index < -0.39 is 24.2 Å². The van der Waals surface area contributed by atoms with Gasteiger partial charge < -0.3 is 10.6 Å². The first-order chi connectivity index (χ1) is 13.4. The number of amides is 1. The normalized spacial score (nSPS) is 17.0. The molecule has 9 heteroatoms. The zero-order chi connectivity index (χ0) is 19.7. The third kappa shape index (κ3) is 3.93. The lowest BCUT2D eigenvalue weighted by Crippen LogP contribution is -2.18. The van der Waals surface area contributed by atoms with Gasteiger partial charge in [0.05, 0.1) is 17.6 Å². The van der Waals surface area contributed by atoms with Crippen LogP contribution in [0.5, 0.6) is 0 Å². The number of rotatable bonds is 5. The molecule has 1 amide bonds. The Morgan fingerprint density at radius 3 is 2.68 bits per heavy atom. The number of alkyl halides is 2. The van der Waals surface area contributed by atoms with Gasteiger partial charge in [0.25, 0.3) is 5.92 Å². The van der Waals surface area contributed by atoms with E-state index in [2.05, 4.69) is 30.6 Å². The quantitative estimate of drug-likeness (QED) is 0.701. The van der Waals surface area contributed by atoms with Gasteiger partial charge in [-0.05, 0) is 36.8 Å².